The van der Waals surface area contributed by atoms with E-state index in [0.717, 1.165) is 193 Å². The summed E-state index contributed by atoms with van der Waals surface area (Å²) in [5.41, 5.74) is 0. The number of carbonyl (C=O) groups is 4. The smallest absolute Gasteiger partial charge is 0.462 e. The minimum Gasteiger partial charge on any atom is -0.462 e. The van der Waals surface area contributed by atoms with Crippen molar-refractivity contribution in [1.29, 1.82) is 0 Å². The van der Waals surface area contributed by atoms with Gasteiger partial charge in [-0.15, -0.1) is 0 Å². The Bertz CT molecular complexity index is 2240. The topological polar surface area (TPSA) is 237 Å². The number of unbranched alkanes of at least 4 members (excludes halogenated alkanes) is 30. The number of hydrogen-bond donors (Lipinski definition) is 3. The van der Waals surface area contributed by atoms with E-state index in [1.54, 1.807) is 0 Å². The van der Waals surface area contributed by atoms with Crippen molar-refractivity contribution < 1.29 is 80.2 Å². The molecule has 0 rings (SSSR count). The zero-order valence-electron chi connectivity index (χ0n) is 61.7. The average Bonchev–Trinajstić information content (AvgIpc) is 0.986. The highest BCUT2D eigenvalue weighted by Crippen LogP contribution is 2.45. The normalized spacial score (nSPS) is 14.5. The lowest BCUT2D eigenvalue weighted by molar-refractivity contribution is -0.161. The van der Waals surface area contributed by atoms with Crippen LogP contribution in [0.15, 0.2) is 97.2 Å². The van der Waals surface area contributed by atoms with Crippen LogP contribution in [-0.2, 0) is 65.4 Å². The molecule has 98 heavy (non-hydrogen) atoms. The number of aliphatic hydroxyl groups excluding tert-OH is 1. The minimum absolute atomic E-state index is 0.0806. The molecule has 0 aliphatic carbocycles. The average molecular weight is 1420 g/mol. The van der Waals surface area contributed by atoms with Crippen molar-refractivity contribution in [3.05, 3.63) is 97.2 Å². The molecular weight excluding hydrogens is 1280 g/mol. The van der Waals surface area contributed by atoms with Gasteiger partial charge in [-0.3, -0.25) is 37.3 Å². The largest absolute Gasteiger partial charge is 0.472 e. The van der Waals surface area contributed by atoms with Crippen LogP contribution in [0.3, 0.4) is 0 Å². The predicted octanol–water partition coefficient (Wildman–Crippen LogP) is 22.0. The van der Waals surface area contributed by atoms with E-state index in [2.05, 4.69) is 125 Å². The molecule has 0 fully saturated rings. The van der Waals surface area contributed by atoms with Crippen molar-refractivity contribution in [1.82, 2.24) is 0 Å². The van der Waals surface area contributed by atoms with Gasteiger partial charge < -0.3 is 33.8 Å². The second kappa shape index (κ2) is 71.4. The summed E-state index contributed by atoms with van der Waals surface area (Å²) in [6, 6.07) is 0. The van der Waals surface area contributed by atoms with Crippen LogP contribution in [-0.4, -0.2) is 96.7 Å². The fourth-order valence-electron chi connectivity index (χ4n) is 10.2. The third kappa shape index (κ3) is 70.4. The SMILES string of the molecule is CC/C=C\C/C=C\C/C=C\CCCCCCCCCC(=O)OCC(COP(=O)(O)OCC(O)COP(=O)(O)OCC(COC(=O)CCCCCCC/C=C\C/C=C\C/C=C\CC)OC(=O)CCCCCCC/C=C\CCCC)OC(=O)CCCCCCC/C=C\CCCCCCCC. The zero-order chi connectivity index (χ0) is 71.8. The Morgan fingerprint density at radius 2 is 0.541 bits per heavy atom. The van der Waals surface area contributed by atoms with Crippen LogP contribution < -0.4 is 0 Å². The van der Waals surface area contributed by atoms with Crippen molar-refractivity contribution in [3.8, 4) is 0 Å². The third-order valence-electron chi connectivity index (χ3n) is 16.0. The van der Waals surface area contributed by atoms with Crippen molar-refractivity contribution in [2.45, 2.75) is 341 Å². The third-order valence-corrected chi connectivity index (χ3v) is 17.9. The summed E-state index contributed by atoms with van der Waals surface area (Å²) in [6.07, 6.45) is 74.0. The number of hydrogen-bond acceptors (Lipinski definition) is 15. The zero-order valence-corrected chi connectivity index (χ0v) is 63.5. The second-order valence-electron chi connectivity index (χ2n) is 25.5. The van der Waals surface area contributed by atoms with Gasteiger partial charge in [-0.25, -0.2) is 9.13 Å². The first-order valence-corrected chi connectivity index (χ1v) is 41.5. The van der Waals surface area contributed by atoms with Gasteiger partial charge in [0.1, 0.15) is 19.3 Å². The summed E-state index contributed by atoms with van der Waals surface area (Å²) in [5.74, 6) is -2.21. The number of phosphoric acid groups is 2. The van der Waals surface area contributed by atoms with E-state index in [-0.39, 0.29) is 25.7 Å². The number of allylic oxidation sites excluding steroid dienone is 16. The molecule has 0 aliphatic heterocycles. The van der Waals surface area contributed by atoms with Gasteiger partial charge in [0, 0.05) is 25.7 Å². The number of esters is 4. The molecule has 0 bridgehead atoms. The Labute approximate surface area is 595 Å². The van der Waals surface area contributed by atoms with Gasteiger partial charge in [-0.1, -0.05) is 260 Å². The highest BCUT2D eigenvalue weighted by Gasteiger charge is 2.30. The summed E-state index contributed by atoms with van der Waals surface area (Å²) in [6.45, 7) is 4.58. The molecule has 0 amide bonds. The number of rotatable bonds is 72. The highest BCUT2D eigenvalue weighted by molar-refractivity contribution is 7.47. The van der Waals surface area contributed by atoms with E-state index in [0.29, 0.717) is 25.7 Å². The van der Waals surface area contributed by atoms with Crippen molar-refractivity contribution in [2.75, 3.05) is 39.6 Å². The summed E-state index contributed by atoms with van der Waals surface area (Å²) in [5, 5.41) is 10.6. The molecule has 5 atom stereocenters. The fraction of sp³-hybridized carbons (Fsp3) is 0.747. The summed E-state index contributed by atoms with van der Waals surface area (Å²) < 4.78 is 68.4. The van der Waals surface area contributed by atoms with Crippen molar-refractivity contribution >= 4 is 39.5 Å². The Balaban J connectivity index is 5.34. The van der Waals surface area contributed by atoms with Gasteiger partial charge in [0.15, 0.2) is 12.2 Å². The molecule has 5 unspecified atom stereocenters. The maximum Gasteiger partial charge on any atom is 0.472 e. The number of carbonyl (C=O) groups excluding carboxylic acids is 4. The van der Waals surface area contributed by atoms with Gasteiger partial charge in [0.05, 0.1) is 26.4 Å². The first-order valence-electron chi connectivity index (χ1n) is 38.5. The van der Waals surface area contributed by atoms with Gasteiger partial charge in [-0.05, 0) is 135 Å². The standard InChI is InChI=1S/C79H138O17P2/c1-5-9-13-17-21-25-29-32-35-36-39-41-45-48-52-56-60-64-77(82)90-70-75(96-79(84)66-62-58-54-50-46-42-38-34-31-27-23-19-15-11-7-3)72-94-98(87,88)92-68-73(80)67-91-97(85,86)93-71-74(95-78(83)65-61-57-53-49-43-28-24-20-16-12-8-4)69-89-76(81)63-59-55-51-47-44-40-37-33-30-26-22-18-14-10-6-2/h9-10,13-14,20-22,24-26,32-35,37-38,73-75,80H,5-8,11-12,15-19,23,27-31,36,39-72H2,1-4H3,(H,85,86)(H,87,88)/b13-9-,14-10-,24-20-,25-21-,26-22-,35-32-,37-33-,38-34-. The summed E-state index contributed by atoms with van der Waals surface area (Å²) >= 11 is 0. The molecule has 0 saturated carbocycles. The van der Waals surface area contributed by atoms with Crippen molar-refractivity contribution in [3.63, 3.8) is 0 Å². The van der Waals surface area contributed by atoms with Gasteiger partial charge in [0.25, 0.3) is 0 Å². The lowest BCUT2D eigenvalue weighted by Crippen LogP contribution is -2.30. The monoisotopic (exact) mass is 1420 g/mol. The summed E-state index contributed by atoms with van der Waals surface area (Å²) in [4.78, 5) is 72.8. The van der Waals surface area contributed by atoms with E-state index in [4.69, 9.17) is 37.0 Å². The van der Waals surface area contributed by atoms with Crippen LogP contribution in [0.5, 0.6) is 0 Å². The molecule has 19 heteroatoms. The van der Waals surface area contributed by atoms with E-state index < -0.39 is 97.5 Å². The Morgan fingerprint density at radius 3 is 0.857 bits per heavy atom. The minimum atomic E-state index is -4.98. The number of aliphatic hydroxyl groups is 1. The van der Waals surface area contributed by atoms with E-state index in [1.165, 1.54) is 51.4 Å². The van der Waals surface area contributed by atoms with Crippen molar-refractivity contribution in [2.24, 2.45) is 0 Å². The first kappa shape index (κ1) is 94.0. The van der Waals surface area contributed by atoms with Crippen LogP contribution in [0.25, 0.3) is 0 Å². The Morgan fingerprint density at radius 1 is 0.296 bits per heavy atom. The molecule has 0 aromatic rings. The maximum atomic E-state index is 13.1. The molecule has 0 aromatic heterocycles. The van der Waals surface area contributed by atoms with Crippen LogP contribution >= 0.6 is 15.6 Å². The van der Waals surface area contributed by atoms with Gasteiger partial charge in [0.2, 0.25) is 0 Å². The summed E-state index contributed by atoms with van der Waals surface area (Å²) in [7, 11) is -9.95. The molecule has 0 aliphatic rings. The lowest BCUT2D eigenvalue weighted by Gasteiger charge is -2.21. The first-order chi connectivity index (χ1) is 47.7. The van der Waals surface area contributed by atoms with E-state index in [9.17, 15) is 43.2 Å². The maximum absolute atomic E-state index is 13.1. The number of phosphoric ester groups is 2. The molecular formula is C79H138O17P2. The lowest BCUT2D eigenvalue weighted by atomic mass is 10.1. The van der Waals surface area contributed by atoms with Gasteiger partial charge in [-0.2, -0.15) is 0 Å². The molecule has 0 spiro atoms. The Hall–Kier alpha value is -4.02. The molecule has 566 valence electrons. The molecule has 17 nitrogen and oxygen atoms in total. The molecule has 0 saturated heterocycles. The van der Waals surface area contributed by atoms with Crippen LogP contribution in [0, 0.1) is 0 Å². The predicted molar refractivity (Wildman–Crippen MR) is 399 cm³/mol. The van der Waals surface area contributed by atoms with Gasteiger partial charge >= 0.3 is 39.5 Å². The molecule has 0 radical (unpaired) electrons. The van der Waals surface area contributed by atoms with E-state index >= 15 is 0 Å². The highest BCUT2D eigenvalue weighted by atomic mass is 31.2. The van der Waals surface area contributed by atoms with Crippen LogP contribution in [0.4, 0.5) is 0 Å². The molecule has 3 N–H and O–H groups in total. The fourth-order valence-corrected chi connectivity index (χ4v) is 11.7. The molecule has 0 aromatic carbocycles. The molecule has 0 heterocycles. The number of ether oxygens (including phenoxy) is 4. The van der Waals surface area contributed by atoms with Crippen LogP contribution in [0.1, 0.15) is 323 Å². The van der Waals surface area contributed by atoms with Crippen LogP contribution in [0.2, 0.25) is 0 Å². The quantitative estimate of drug-likeness (QED) is 0.0169. The second-order valence-corrected chi connectivity index (χ2v) is 28.4. The van der Waals surface area contributed by atoms with E-state index in [1.807, 2.05) is 0 Å². The Kier molecular flexibility index (Phi) is 68.4.